The van der Waals surface area contributed by atoms with Crippen molar-refractivity contribution in [2.24, 2.45) is 7.05 Å². The highest BCUT2D eigenvalue weighted by Gasteiger charge is 2.30. The Morgan fingerprint density at radius 3 is 2.43 bits per heavy atom. The van der Waals surface area contributed by atoms with Crippen LogP contribution in [0.15, 0.2) is 60.8 Å². The van der Waals surface area contributed by atoms with E-state index in [2.05, 4.69) is 75.8 Å². The SMILES string of the molecule is Cc1ccc2c(c1)c(C1CCN(C(=O)c3cc(C(C)(C)C)nn3Cc3ccccc3)CC1)cn2C. The van der Waals surface area contributed by atoms with Crippen molar-refractivity contribution in [2.45, 2.75) is 58.4 Å². The van der Waals surface area contributed by atoms with Gasteiger partial charge in [0, 0.05) is 42.7 Å². The number of benzene rings is 2. The summed E-state index contributed by atoms with van der Waals surface area (Å²) in [5, 5.41) is 6.22. The average Bonchev–Trinajstić information content (AvgIpc) is 3.40. The molecule has 0 radical (unpaired) electrons. The minimum atomic E-state index is -0.115. The zero-order valence-electron chi connectivity index (χ0n) is 21.6. The summed E-state index contributed by atoms with van der Waals surface area (Å²) in [5.74, 6) is 0.570. The fourth-order valence-corrected chi connectivity index (χ4v) is 5.25. The van der Waals surface area contributed by atoms with E-state index in [1.807, 2.05) is 33.8 Å². The lowest BCUT2D eigenvalue weighted by atomic mass is 9.88. The maximum absolute atomic E-state index is 13.7. The fourth-order valence-electron chi connectivity index (χ4n) is 5.25. The Kier molecular flexibility index (Phi) is 6.04. The molecule has 5 rings (SSSR count). The molecule has 3 heterocycles. The molecular formula is C30H36N4O. The molecule has 5 heteroatoms. The first-order valence-corrected chi connectivity index (χ1v) is 12.7. The predicted octanol–water partition coefficient (Wildman–Crippen LogP) is 6.05. The molecule has 1 aliphatic heterocycles. The Morgan fingerprint density at radius 2 is 1.74 bits per heavy atom. The normalized spacial score (nSPS) is 15.2. The minimum absolute atomic E-state index is 0.0937. The van der Waals surface area contributed by atoms with Crippen molar-refractivity contribution in [3.8, 4) is 0 Å². The number of hydrogen-bond donors (Lipinski definition) is 0. The third kappa shape index (κ3) is 4.64. The molecule has 0 N–H and O–H groups in total. The molecule has 0 atom stereocenters. The Hall–Kier alpha value is -3.34. The molecule has 0 saturated carbocycles. The van der Waals surface area contributed by atoms with Gasteiger partial charge in [-0.1, -0.05) is 62.7 Å². The van der Waals surface area contributed by atoms with Crippen molar-refractivity contribution in [3.05, 3.63) is 88.9 Å². The molecule has 1 aliphatic rings. The van der Waals surface area contributed by atoms with Gasteiger partial charge in [-0.3, -0.25) is 9.48 Å². The summed E-state index contributed by atoms with van der Waals surface area (Å²) < 4.78 is 4.13. The van der Waals surface area contributed by atoms with Gasteiger partial charge in [-0.2, -0.15) is 5.10 Å². The molecule has 182 valence electrons. The van der Waals surface area contributed by atoms with E-state index >= 15 is 0 Å². The number of carbonyl (C=O) groups excluding carboxylic acids is 1. The smallest absolute Gasteiger partial charge is 0.272 e. The van der Waals surface area contributed by atoms with Gasteiger partial charge >= 0.3 is 0 Å². The fraction of sp³-hybridized carbons (Fsp3) is 0.400. The van der Waals surface area contributed by atoms with Gasteiger partial charge in [0.05, 0.1) is 12.2 Å². The Balaban J connectivity index is 1.37. The maximum atomic E-state index is 13.7. The molecule has 0 aliphatic carbocycles. The van der Waals surface area contributed by atoms with E-state index in [-0.39, 0.29) is 11.3 Å². The van der Waals surface area contributed by atoms with Crippen LogP contribution in [0, 0.1) is 6.92 Å². The summed E-state index contributed by atoms with van der Waals surface area (Å²) in [7, 11) is 2.13. The lowest BCUT2D eigenvalue weighted by Gasteiger charge is -2.32. The number of hydrogen-bond acceptors (Lipinski definition) is 2. The number of piperidine rings is 1. The topological polar surface area (TPSA) is 43.1 Å². The highest BCUT2D eigenvalue weighted by molar-refractivity contribution is 5.93. The summed E-state index contributed by atoms with van der Waals surface area (Å²) in [6, 6.07) is 19.0. The van der Waals surface area contributed by atoms with Crippen LogP contribution in [-0.2, 0) is 19.0 Å². The molecule has 0 unspecified atom stereocenters. The van der Waals surface area contributed by atoms with E-state index in [0.717, 1.165) is 37.2 Å². The molecule has 2 aromatic heterocycles. The third-order valence-corrected chi connectivity index (χ3v) is 7.34. The second-order valence-corrected chi connectivity index (χ2v) is 11.1. The Labute approximate surface area is 208 Å². The Morgan fingerprint density at radius 1 is 1.03 bits per heavy atom. The molecule has 1 amide bonds. The van der Waals surface area contributed by atoms with E-state index in [1.54, 1.807) is 0 Å². The molecule has 1 saturated heterocycles. The largest absolute Gasteiger partial charge is 0.350 e. The van der Waals surface area contributed by atoms with Crippen molar-refractivity contribution in [3.63, 3.8) is 0 Å². The number of likely N-dealkylation sites (tertiary alicyclic amines) is 1. The van der Waals surface area contributed by atoms with E-state index in [9.17, 15) is 4.79 Å². The second-order valence-electron chi connectivity index (χ2n) is 11.1. The van der Waals surface area contributed by atoms with Crippen molar-refractivity contribution >= 4 is 16.8 Å². The van der Waals surface area contributed by atoms with Gasteiger partial charge in [0.15, 0.2) is 0 Å². The summed E-state index contributed by atoms with van der Waals surface area (Å²) in [4.78, 5) is 15.7. The average molecular weight is 469 g/mol. The predicted molar refractivity (Wildman–Crippen MR) is 142 cm³/mol. The minimum Gasteiger partial charge on any atom is -0.350 e. The molecular weight excluding hydrogens is 432 g/mol. The summed E-state index contributed by atoms with van der Waals surface area (Å²) >= 11 is 0. The van der Waals surface area contributed by atoms with Crippen LogP contribution in [0.25, 0.3) is 10.9 Å². The van der Waals surface area contributed by atoms with Gasteiger partial charge in [0.25, 0.3) is 5.91 Å². The number of carbonyl (C=O) groups is 1. The summed E-state index contributed by atoms with van der Waals surface area (Å²) in [5.41, 5.74) is 6.67. The lowest BCUT2D eigenvalue weighted by molar-refractivity contribution is 0.0701. The van der Waals surface area contributed by atoms with E-state index < -0.39 is 0 Å². The molecule has 1 fully saturated rings. The van der Waals surface area contributed by atoms with Crippen molar-refractivity contribution < 1.29 is 4.79 Å². The zero-order valence-corrected chi connectivity index (χ0v) is 21.6. The zero-order chi connectivity index (χ0) is 24.7. The van der Waals surface area contributed by atoms with Gasteiger partial charge in [-0.15, -0.1) is 0 Å². The van der Waals surface area contributed by atoms with Crippen LogP contribution in [0.3, 0.4) is 0 Å². The summed E-state index contributed by atoms with van der Waals surface area (Å²) in [6.45, 7) is 10.7. The van der Waals surface area contributed by atoms with Crippen LogP contribution >= 0.6 is 0 Å². The van der Waals surface area contributed by atoms with Crippen LogP contribution in [0.5, 0.6) is 0 Å². The van der Waals surface area contributed by atoms with Gasteiger partial charge < -0.3 is 9.47 Å². The lowest BCUT2D eigenvalue weighted by Crippen LogP contribution is -2.39. The van der Waals surface area contributed by atoms with Crippen molar-refractivity contribution in [2.75, 3.05) is 13.1 Å². The first-order chi connectivity index (χ1) is 16.7. The molecule has 35 heavy (non-hydrogen) atoms. The number of amides is 1. The third-order valence-electron chi connectivity index (χ3n) is 7.34. The molecule has 5 nitrogen and oxygen atoms in total. The molecule has 0 bridgehead atoms. The van der Waals surface area contributed by atoms with Crippen LogP contribution < -0.4 is 0 Å². The second kappa shape index (κ2) is 9.03. The number of aromatic nitrogens is 3. The van der Waals surface area contributed by atoms with Crippen LogP contribution in [0.1, 0.15) is 72.4 Å². The van der Waals surface area contributed by atoms with Crippen LogP contribution in [-0.4, -0.2) is 38.2 Å². The Bertz CT molecular complexity index is 1350. The maximum Gasteiger partial charge on any atom is 0.272 e. The monoisotopic (exact) mass is 468 g/mol. The van der Waals surface area contributed by atoms with Gasteiger partial charge in [0.2, 0.25) is 0 Å². The first kappa shape index (κ1) is 23.4. The highest BCUT2D eigenvalue weighted by Crippen LogP contribution is 2.35. The molecule has 0 spiro atoms. The van der Waals surface area contributed by atoms with Crippen LogP contribution in [0.2, 0.25) is 0 Å². The van der Waals surface area contributed by atoms with Gasteiger partial charge in [-0.05, 0) is 55.0 Å². The summed E-state index contributed by atoms with van der Waals surface area (Å²) in [6.07, 6.45) is 4.26. The van der Waals surface area contributed by atoms with Crippen molar-refractivity contribution in [1.29, 1.82) is 0 Å². The number of aryl methyl sites for hydroxylation is 2. The number of nitrogens with zero attached hydrogens (tertiary/aromatic N) is 4. The van der Waals surface area contributed by atoms with E-state index in [0.29, 0.717) is 18.2 Å². The standard InChI is InChI=1S/C30H36N4O/c1-21-11-12-26-24(17-21)25(20-32(26)5)23-13-15-33(16-14-23)29(35)27-18-28(30(2,3)4)31-34(27)19-22-9-7-6-8-10-22/h6-12,17-18,20,23H,13-16,19H2,1-5H3. The number of fused-ring (bicyclic) bond motifs is 1. The van der Waals surface area contributed by atoms with Crippen molar-refractivity contribution in [1.82, 2.24) is 19.2 Å². The van der Waals surface area contributed by atoms with E-state index in [1.165, 1.54) is 22.0 Å². The number of rotatable bonds is 4. The van der Waals surface area contributed by atoms with Gasteiger partial charge in [0.1, 0.15) is 5.69 Å². The first-order valence-electron chi connectivity index (χ1n) is 12.7. The quantitative estimate of drug-likeness (QED) is 0.366. The van der Waals surface area contributed by atoms with Gasteiger partial charge in [-0.25, -0.2) is 0 Å². The van der Waals surface area contributed by atoms with E-state index in [4.69, 9.17) is 5.10 Å². The molecule has 2 aromatic carbocycles. The molecule has 4 aromatic rings. The van der Waals surface area contributed by atoms with Crippen LogP contribution in [0.4, 0.5) is 0 Å². The highest BCUT2D eigenvalue weighted by atomic mass is 16.2.